The number of piperidine rings is 1. The Morgan fingerprint density at radius 1 is 1.21 bits per heavy atom. The summed E-state index contributed by atoms with van der Waals surface area (Å²) in [6, 6.07) is 5.98. The first kappa shape index (κ1) is 18.9. The Hall–Kier alpha value is -2.45. The SMILES string of the molecule is CNCCCN1CCC(n2ncc3c(N4CCC(=O)NC4=O)cccc32)CC1. The van der Waals surface area contributed by atoms with E-state index in [1.165, 1.54) is 6.42 Å². The molecule has 3 heterocycles. The minimum absolute atomic E-state index is 0.217. The number of hydrogen-bond acceptors (Lipinski definition) is 5. The maximum Gasteiger partial charge on any atom is 0.328 e. The molecule has 0 aliphatic carbocycles. The van der Waals surface area contributed by atoms with Crippen molar-refractivity contribution in [2.45, 2.75) is 31.7 Å². The maximum atomic E-state index is 12.3. The smallest absolute Gasteiger partial charge is 0.320 e. The molecule has 0 atom stereocenters. The van der Waals surface area contributed by atoms with Crippen molar-refractivity contribution < 1.29 is 9.59 Å². The van der Waals surface area contributed by atoms with Crippen molar-refractivity contribution in [3.05, 3.63) is 24.4 Å². The molecule has 0 spiro atoms. The molecule has 2 aromatic rings. The van der Waals surface area contributed by atoms with Crippen LogP contribution in [0.3, 0.4) is 0 Å². The number of likely N-dealkylation sites (tertiary alicyclic amines) is 1. The van der Waals surface area contributed by atoms with E-state index in [4.69, 9.17) is 0 Å². The van der Waals surface area contributed by atoms with E-state index in [-0.39, 0.29) is 11.9 Å². The summed E-state index contributed by atoms with van der Waals surface area (Å²) in [5.41, 5.74) is 1.87. The van der Waals surface area contributed by atoms with E-state index in [9.17, 15) is 9.59 Å². The van der Waals surface area contributed by atoms with Gasteiger partial charge in [0.05, 0.1) is 23.4 Å². The van der Waals surface area contributed by atoms with E-state index in [2.05, 4.69) is 31.4 Å². The molecule has 3 amide bonds. The normalized spacial score (nSPS) is 19.4. The number of nitrogens with zero attached hydrogens (tertiary/aromatic N) is 4. The van der Waals surface area contributed by atoms with Crippen LogP contribution in [0.15, 0.2) is 24.4 Å². The van der Waals surface area contributed by atoms with Gasteiger partial charge >= 0.3 is 6.03 Å². The van der Waals surface area contributed by atoms with Gasteiger partial charge in [0.25, 0.3) is 0 Å². The quantitative estimate of drug-likeness (QED) is 0.741. The third kappa shape index (κ3) is 3.74. The lowest BCUT2D eigenvalue weighted by atomic mass is 10.0. The van der Waals surface area contributed by atoms with Crippen LogP contribution < -0.4 is 15.5 Å². The Morgan fingerprint density at radius 2 is 2.04 bits per heavy atom. The summed E-state index contributed by atoms with van der Waals surface area (Å²) in [6.07, 6.45) is 5.52. The van der Waals surface area contributed by atoms with E-state index in [1.54, 1.807) is 4.90 Å². The summed E-state index contributed by atoms with van der Waals surface area (Å²) in [6.45, 7) is 4.78. The number of hydrogen-bond donors (Lipinski definition) is 2. The van der Waals surface area contributed by atoms with E-state index in [0.29, 0.717) is 19.0 Å². The molecule has 28 heavy (non-hydrogen) atoms. The number of anilines is 1. The first-order valence-electron chi connectivity index (χ1n) is 10.1. The Balaban J connectivity index is 1.50. The van der Waals surface area contributed by atoms with Crippen LogP contribution in [-0.4, -0.2) is 66.4 Å². The fourth-order valence-electron chi connectivity index (χ4n) is 4.24. The molecule has 1 aromatic heterocycles. The minimum atomic E-state index is -0.355. The van der Waals surface area contributed by atoms with Crippen molar-refractivity contribution in [2.75, 3.05) is 44.7 Å². The molecular formula is C20H28N6O2. The topological polar surface area (TPSA) is 82.5 Å². The Kier molecular flexibility index (Phi) is 5.59. The maximum absolute atomic E-state index is 12.3. The van der Waals surface area contributed by atoms with Crippen LogP contribution in [0.1, 0.15) is 31.7 Å². The lowest BCUT2D eigenvalue weighted by Crippen LogP contribution is -2.49. The zero-order chi connectivity index (χ0) is 19.5. The Labute approximate surface area is 164 Å². The number of benzene rings is 1. The van der Waals surface area contributed by atoms with Crippen molar-refractivity contribution in [3.8, 4) is 0 Å². The first-order chi connectivity index (χ1) is 13.7. The molecule has 2 aliphatic heterocycles. The molecule has 0 saturated carbocycles. The molecule has 4 rings (SSSR count). The molecule has 0 radical (unpaired) electrons. The molecule has 0 unspecified atom stereocenters. The van der Waals surface area contributed by atoms with Gasteiger partial charge in [-0.1, -0.05) is 6.07 Å². The summed E-state index contributed by atoms with van der Waals surface area (Å²) >= 11 is 0. The molecule has 2 saturated heterocycles. The fraction of sp³-hybridized carbons (Fsp3) is 0.550. The molecule has 2 fully saturated rings. The molecule has 0 bridgehead atoms. The average Bonchev–Trinajstić information content (AvgIpc) is 3.13. The first-order valence-corrected chi connectivity index (χ1v) is 10.1. The second-order valence-corrected chi connectivity index (χ2v) is 7.58. The second-order valence-electron chi connectivity index (χ2n) is 7.58. The van der Waals surface area contributed by atoms with Gasteiger partial charge in [-0.3, -0.25) is 19.7 Å². The minimum Gasteiger partial charge on any atom is -0.320 e. The number of rotatable bonds is 6. The number of imide groups is 1. The third-order valence-corrected chi connectivity index (χ3v) is 5.77. The lowest BCUT2D eigenvalue weighted by molar-refractivity contribution is -0.120. The zero-order valence-electron chi connectivity index (χ0n) is 16.4. The molecule has 150 valence electrons. The number of amides is 3. The number of carbonyl (C=O) groups is 2. The van der Waals surface area contributed by atoms with Crippen molar-refractivity contribution >= 4 is 28.5 Å². The van der Waals surface area contributed by atoms with Crippen molar-refractivity contribution in [2.24, 2.45) is 0 Å². The van der Waals surface area contributed by atoms with Crippen LogP contribution in [0.5, 0.6) is 0 Å². The van der Waals surface area contributed by atoms with Gasteiger partial charge in [-0.05, 0) is 51.5 Å². The molecular weight excluding hydrogens is 356 g/mol. The van der Waals surface area contributed by atoms with Gasteiger partial charge in [-0.2, -0.15) is 5.10 Å². The largest absolute Gasteiger partial charge is 0.328 e. The Bertz CT molecular complexity index is 855. The average molecular weight is 384 g/mol. The third-order valence-electron chi connectivity index (χ3n) is 5.77. The molecule has 2 N–H and O–H groups in total. The molecule has 8 nitrogen and oxygen atoms in total. The van der Waals surface area contributed by atoms with Crippen LogP contribution >= 0.6 is 0 Å². The summed E-state index contributed by atoms with van der Waals surface area (Å²) in [7, 11) is 1.99. The van der Waals surface area contributed by atoms with E-state index in [1.807, 2.05) is 25.4 Å². The highest BCUT2D eigenvalue weighted by atomic mass is 16.2. The summed E-state index contributed by atoms with van der Waals surface area (Å²) in [5.74, 6) is -0.217. The molecule has 2 aliphatic rings. The monoisotopic (exact) mass is 384 g/mol. The van der Waals surface area contributed by atoms with Crippen LogP contribution in [-0.2, 0) is 4.79 Å². The number of fused-ring (bicyclic) bond motifs is 1. The number of nitrogens with one attached hydrogen (secondary N) is 2. The summed E-state index contributed by atoms with van der Waals surface area (Å²) < 4.78 is 2.12. The van der Waals surface area contributed by atoms with Gasteiger partial charge in [0.2, 0.25) is 5.91 Å². The fourth-order valence-corrected chi connectivity index (χ4v) is 4.24. The number of carbonyl (C=O) groups excluding carboxylic acids is 2. The van der Waals surface area contributed by atoms with Crippen LogP contribution in [0, 0.1) is 0 Å². The van der Waals surface area contributed by atoms with Gasteiger partial charge in [0.1, 0.15) is 0 Å². The highest BCUT2D eigenvalue weighted by molar-refractivity contribution is 6.09. The van der Waals surface area contributed by atoms with Crippen LogP contribution in [0.2, 0.25) is 0 Å². The number of aromatic nitrogens is 2. The molecule has 1 aromatic carbocycles. The van der Waals surface area contributed by atoms with Gasteiger partial charge in [0, 0.05) is 31.4 Å². The lowest BCUT2D eigenvalue weighted by Gasteiger charge is -2.32. The predicted octanol–water partition coefficient (Wildman–Crippen LogP) is 1.73. The van der Waals surface area contributed by atoms with Crippen molar-refractivity contribution in [3.63, 3.8) is 0 Å². The van der Waals surface area contributed by atoms with Gasteiger partial charge in [0.15, 0.2) is 0 Å². The Morgan fingerprint density at radius 3 is 2.79 bits per heavy atom. The van der Waals surface area contributed by atoms with E-state index >= 15 is 0 Å². The number of urea groups is 1. The summed E-state index contributed by atoms with van der Waals surface area (Å²) in [4.78, 5) is 27.9. The second kappa shape index (κ2) is 8.28. The van der Waals surface area contributed by atoms with E-state index < -0.39 is 0 Å². The van der Waals surface area contributed by atoms with Crippen LogP contribution in [0.25, 0.3) is 10.9 Å². The molecule has 8 heteroatoms. The zero-order valence-corrected chi connectivity index (χ0v) is 16.4. The highest BCUT2D eigenvalue weighted by Gasteiger charge is 2.27. The van der Waals surface area contributed by atoms with Crippen LogP contribution in [0.4, 0.5) is 10.5 Å². The highest BCUT2D eigenvalue weighted by Crippen LogP contribution is 2.32. The van der Waals surface area contributed by atoms with Gasteiger partial charge in [-0.15, -0.1) is 0 Å². The van der Waals surface area contributed by atoms with Crippen molar-refractivity contribution in [1.82, 2.24) is 25.3 Å². The summed E-state index contributed by atoms with van der Waals surface area (Å²) in [5, 5.41) is 11.2. The predicted molar refractivity (Wildman–Crippen MR) is 108 cm³/mol. The standard InChI is InChI=1S/C20H28N6O2/c1-21-9-3-10-24-11-6-15(7-12-24)26-18-5-2-4-17(16(18)14-22-26)25-13-8-19(27)23-20(25)28/h2,4-5,14-15,21H,3,6-13H2,1H3,(H,23,27,28). The van der Waals surface area contributed by atoms with Gasteiger partial charge in [-0.25, -0.2) is 4.79 Å². The van der Waals surface area contributed by atoms with E-state index in [0.717, 1.165) is 55.6 Å². The van der Waals surface area contributed by atoms with Gasteiger partial charge < -0.3 is 10.2 Å². The van der Waals surface area contributed by atoms with Crippen molar-refractivity contribution in [1.29, 1.82) is 0 Å².